The molecule has 0 fully saturated rings. The van der Waals surface area contributed by atoms with E-state index in [1.165, 1.54) is 0 Å². The minimum Gasteiger partial charge on any atom is -0.394 e. The molecule has 0 saturated heterocycles. The lowest BCUT2D eigenvalue weighted by Gasteiger charge is -2.09. The molecule has 0 amide bonds. The van der Waals surface area contributed by atoms with Crippen molar-refractivity contribution in [2.45, 2.75) is 27.1 Å². The zero-order valence-corrected chi connectivity index (χ0v) is 13.2. The predicted molar refractivity (Wildman–Crippen MR) is 78.0 cm³/mol. The van der Waals surface area contributed by atoms with Gasteiger partial charge in [-0.25, -0.2) is 0 Å². The molecule has 112 valence electrons. The minimum atomic E-state index is -0.125. The first-order chi connectivity index (χ1) is 8.64. The molecule has 0 bridgehead atoms. The second-order valence-corrected chi connectivity index (χ2v) is 2.89. The Hall–Kier alpha value is -0.270. The summed E-state index contributed by atoms with van der Waals surface area (Å²) < 4.78 is 10.1. The van der Waals surface area contributed by atoms with E-state index < -0.39 is 0 Å². The summed E-state index contributed by atoms with van der Waals surface area (Å²) in [7, 11) is 0. The van der Waals surface area contributed by atoms with Crippen LogP contribution in [0.3, 0.4) is 0 Å². The van der Waals surface area contributed by atoms with Crippen LogP contribution in [0.25, 0.3) is 0 Å². The summed E-state index contributed by atoms with van der Waals surface area (Å²) >= 11 is 2.88. The Morgan fingerprint density at radius 3 is 1.56 bits per heavy atom. The van der Waals surface area contributed by atoms with E-state index in [9.17, 15) is 0 Å². The van der Waals surface area contributed by atoms with Crippen molar-refractivity contribution in [1.29, 1.82) is 0 Å². The van der Waals surface area contributed by atoms with E-state index in [1.807, 2.05) is 20.8 Å². The molecule has 0 rings (SSSR count). The molecule has 0 atom stereocenters. The van der Waals surface area contributed by atoms with Gasteiger partial charge in [-0.2, -0.15) is 0 Å². The number of alkyl halides is 1. The lowest BCUT2D eigenvalue weighted by Crippen LogP contribution is -2.11. The van der Waals surface area contributed by atoms with Crippen LogP contribution in [0.1, 0.15) is 20.8 Å². The van der Waals surface area contributed by atoms with Gasteiger partial charge in [-0.05, 0) is 20.8 Å². The molecular formula is C12H27BrO5. The van der Waals surface area contributed by atoms with Gasteiger partial charge in [-0.1, -0.05) is 15.9 Å². The van der Waals surface area contributed by atoms with E-state index >= 15 is 0 Å². The van der Waals surface area contributed by atoms with E-state index in [0.717, 1.165) is 19.5 Å². The number of rotatable bonds is 6. The van der Waals surface area contributed by atoms with Gasteiger partial charge in [0.1, 0.15) is 6.29 Å². The molecule has 0 unspecified atom stereocenters. The fraction of sp³-hybridized carbons (Fsp3) is 0.750. The molecule has 6 heteroatoms. The zero-order chi connectivity index (χ0) is 15.2. The largest absolute Gasteiger partial charge is 0.394 e. The summed E-state index contributed by atoms with van der Waals surface area (Å²) in [5, 5.41) is 15.7. The Bertz CT molecular complexity index is 117. The van der Waals surface area contributed by atoms with Crippen molar-refractivity contribution < 1.29 is 24.5 Å². The molecule has 0 aromatic rings. The minimum absolute atomic E-state index is 0.0370. The predicted octanol–water partition coefficient (Wildman–Crippen LogP) is 1.76. The van der Waals surface area contributed by atoms with Crippen molar-refractivity contribution in [2.24, 2.45) is 0 Å². The van der Waals surface area contributed by atoms with Gasteiger partial charge in [0.2, 0.25) is 0 Å². The number of aliphatic hydroxyl groups is 2. The Morgan fingerprint density at radius 1 is 1.17 bits per heavy atom. The van der Waals surface area contributed by atoms with Crippen LogP contribution in [0, 0.1) is 0 Å². The molecule has 0 radical (unpaired) electrons. The maximum Gasteiger partial charge on any atom is 0.154 e. The van der Waals surface area contributed by atoms with Crippen molar-refractivity contribution in [2.75, 3.05) is 31.8 Å². The summed E-state index contributed by atoms with van der Waals surface area (Å²) in [6, 6.07) is 0. The molecule has 0 heterocycles. The summed E-state index contributed by atoms with van der Waals surface area (Å²) in [4.78, 5) is 9.13. The van der Waals surface area contributed by atoms with Gasteiger partial charge in [0, 0.05) is 13.2 Å². The van der Waals surface area contributed by atoms with Crippen molar-refractivity contribution in [1.82, 2.24) is 0 Å². The van der Waals surface area contributed by atoms with Crippen LogP contribution in [0.4, 0.5) is 0 Å². The van der Waals surface area contributed by atoms with Crippen LogP contribution in [0.15, 0.2) is 13.2 Å². The van der Waals surface area contributed by atoms with Crippen LogP contribution in [0.5, 0.6) is 0 Å². The molecule has 0 saturated carbocycles. The highest BCUT2D eigenvalue weighted by atomic mass is 79.9. The molecular weight excluding hydrogens is 304 g/mol. The average molecular weight is 331 g/mol. The van der Waals surface area contributed by atoms with Crippen molar-refractivity contribution in [3.05, 3.63) is 13.2 Å². The van der Waals surface area contributed by atoms with Gasteiger partial charge >= 0.3 is 0 Å². The Labute approximate surface area is 119 Å². The van der Waals surface area contributed by atoms with Crippen molar-refractivity contribution in [3.63, 3.8) is 0 Å². The number of hydrogen-bond acceptors (Lipinski definition) is 5. The van der Waals surface area contributed by atoms with E-state index in [2.05, 4.69) is 29.1 Å². The normalized spacial score (nSPS) is 7.94. The molecule has 18 heavy (non-hydrogen) atoms. The number of carbonyl (C=O) groups excluding carboxylic acids is 1. The maximum absolute atomic E-state index is 9.13. The second-order valence-electron chi connectivity index (χ2n) is 2.25. The molecule has 0 aliphatic carbocycles. The van der Waals surface area contributed by atoms with Crippen LogP contribution in [-0.2, 0) is 14.3 Å². The number of aliphatic hydroxyl groups excluding tert-OH is 2. The average Bonchev–Trinajstić information content (AvgIpc) is 2.42. The van der Waals surface area contributed by atoms with E-state index in [0.29, 0.717) is 5.33 Å². The Kier molecular flexibility index (Phi) is 52.6. The first-order valence-electron chi connectivity index (χ1n) is 5.58. The van der Waals surface area contributed by atoms with Crippen LogP contribution in [-0.4, -0.2) is 54.5 Å². The lowest BCUT2D eigenvalue weighted by atomic mass is 10.7. The van der Waals surface area contributed by atoms with Gasteiger partial charge < -0.3 is 24.5 Å². The second kappa shape index (κ2) is 36.0. The molecule has 5 nitrogen and oxygen atoms in total. The zero-order valence-electron chi connectivity index (χ0n) is 11.6. The van der Waals surface area contributed by atoms with Crippen molar-refractivity contribution >= 4 is 22.2 Å². The first-order valence-corrected chi connectivity index (χ1v) is 6.71. The number of aldehydes is 1. The summed E-state index contributed by atoms with van der Waals surface area (Å²) in [6.45, 7) is 13.0. The lowest BCUT2D eigenvalue weighted by molar-refractivity contribution is -0.123. The highest BCUT2D eigenvalue weighted by Crippen LogP contribution is 1.90. The van der Waals surface area contributed by atoms with Gasteiger partial charge in [-0.3, -0.25) is 0 Å². The summed E-state index contributed by atoms with van der Waals surface area (Å²) in [6.07, 6.45) is 0.755. The van der Waals surface area contributed by atoms with Crippen LogP contribution >= 0.6 is 15.9 Å². The quantitative estimate of drug-likeness (QED) is 0.336. The summed E-state index contributed by atoms with van der Waals surface area (Å²) in [5.74, 6) is 0. The van der Waals surface area contributed by atoms with E-state index in [-0.39, 0.29) is 19.5 Å². The summed E-state index contributed by atoms with van der Waals surface area (Å²) in [5.41, 5.74) is 0. The van der Waals surface area contributed by atoms with Gasteiger partial charge in [0.15, 0.2) is 6.29 Å². The smallest absolute Gasteiger partial charge is 0.154 e. The fourth-order valence-corrected chi connectivity index (χ4v) is 0.518. The monoisotopic (exact) mass is 330 g/mol. The molecule has 0 aromatic heterocycles. The molecule has 0 spiro atoms. The maximum atomic E-state index is 9.13. The molecule has 0 aromatic carbocycles. The third-order valence-electron chi connectivity index (χ3n) is 0.966. The standard InChI is InChI=1S/C6H14O2.C2H3BrO.C2H6O2.C2H4/c1-4-7-6(3)8-5-2;2*3-1-2-4;1-2/h6H,4-5H2,1-3H3;2H,1H2;3-4H,1-2H2;1-2H2. The number of ether oxygens (including phenoxy) is 2. The van der Waals surface area contributed by atoms with Gasteiger partial charge in [-0.15, -0.1) is 13.2 Å². The van der Waals surface area contributed by atoms with Gasteiger partial charge in [0.25, 0.3) is 0 Å². The van der Waals surface area contributed by atoms with Crippen LogP contribution < -0.4 is 0 Å². The third kappa shape index (κ3) is 57.1. The highest BCUT2D eigenvalue weighted by Gasteiger charge is 1.94. The topological polar surface area (TPSA) is 76.0 Å². The Balaban J connectivity index is -0.0000000834. The molecule has 0 aliphatic heterocycles. The molecule has 2 N–H and O–H groups in total. The van der Waals surface area contributed by atoms with Crippen LogP contribution in [0.2, 0.25) is 0 Å². The number of halogens is 1. The molecule has 0 aliphatic rings. The van der Waals surface area contributed by atoms with Crippen molar-refractivity contribution in [3.8, 4) is 0 Å². The number of hydrogen-bond donors (Lipinski definition) is 2. The Morgan fingerprint density at radius 2 is 1.44 bits per heavy atom. The van der Waals surface area contributed by atoms with E-state index in [4.69, 9.17) is 24.5 Å². The number of carbonyl (C=O) groups is 1. The first kappa shape index (κ1) is 26.3. The third-order valence-corrected chi connectivity index (χ3v) is 1.23. The highest BCUT2D eigenvalue weighted by molar-refractivity contribution is 9.09. The van der Waals surface area contributed by atoms with Gasteiger partial charge in [0.05, 0.1) is 18.5 Å². The SMILES string of the molecule is C=C.CCOC(C)OCC.O=CCBr.OCCO. The fourth-order valence-electron chi connectivity index (χ4n) is 0.518. The van der Waals surface area contributed by atoms with E-state index in [1.54, 1.807) is 0 Å².